The summed E-state index contributed by atoms with van der Waals surface area (Å²) in [5.41, 5.74) is 1.81. The molecule has 4 nitrogen and oxygen atoms in total. The van der Waals surface area contributed by atoms with Crippen LogP contribution in [0.15, 0.2) is 42.5 Å². The van der Waals surface area contributed by atoms with Crippen molar-refractivity contribution in [3.8, 4) is 11.5 Å². The molecular weight excluding hydrogens is 302 g/mol. The minimum absolute atomic E-state index is 0.433. The summed E-state index contributed by atoms with van der Waals surface area (Å²) in [6, 6.07) is 12.9. The molecule has 0 aromatic heterocycles. The van der Waals surface area contributed by atoms with Crippen LogP contribution in [0.2, 0.25) is 5.02 Å². The molecule has 0 spiro atoms. The van der Waals surface area contributed by atoms with Gasteiger partial charge in [0.2, 0.25) is 0 Å². The van der Waals surface area contributed by atoms with Crippen molar-refractivity contribution < 1.29 is 14.6 Å². The molecule has 2 N–H and O–H groups in total. The normalized spacial score (nSPS) is 12.0. The minimum atomic E-state index is -0.589. The predicted octanol–water partition coefficient (Wildman–Crippen LogP) is 3.18. The molecule has 0 fully saturated rings. The molecule has 1 atom stereocenters. The van der Waals surface area contributed by atoms with Gasteiger partial charge < -0.3 is 19.9 Å². The van der Waals surface area contributed by atoms with Gasteiger partial charge in [-0.3, -0.25) is 0 Å². The van der Waals surface area contributed by atoms with E-state index in [2.05, 4.69) is 5.32 Å². The number of aliphatic hydroxyl groups is 1. The Morgan fingerprint density at radius 2 is 1.82 bits per heavy atom. The summed E-state index contributed by atoms with van der Waals surface area (Å²) < 4.78 is 10.7. The molecule has 0 aliphatic rings. The lowest BCUT2D eigenvalue weighted by Crippen LogP contribution is -2.21. The van der Waals surface area contributed by atoms with Gasteiger partial charge in [0, 0.05) is 23.7 Å². The fraction of sp³-hybridized carbons (Fsp3) is 0.294. The monoisotopic (exact) mass is 321 g/mol. The van der Waals surface area contributed by atoms with Gasteiger partial charge in [-0.25, -0.2) is 0 Å². The van der Waals surface area contributed by atoms with Gasteiger partial charge in [0.05, 0.1) is 20.3 Å². The zero-order valence-corrected chi connectivity index (χ0v) is 13.4. The van der Waals surface area contributed by atoms with Crippen LogP contribution in [0.1, 0.15) is 17.2 Å². The van der Waals surface area contributed by atoms with Gasteiger partial charge in [-0.2, -0.15) is 0 Å². The van der Waals surface area contributed by atoms with Crippen LogP contribution >= 0.6 is 11.6 Å². The standard InChI is InChI=1S/C17H20ClNO3/c1-21-16-5-3-4-13(17(16)22-2)10-19-11-15(20)12-6-8-14(18)9-7-12/h3-9,15,19-20H,10-11H2,1-2H3/t15-/m0/s1. The van der Waals surface area contributed by atoms with Crippen LogP contribution in [0, 0.1) is 0 Å². The third-order valence-electron chi connectivity index (χ3n) is 3.39. The molecule has 0 radical (unpaired) electrons. The summed E-state index contributed by atoms with van der Waals surface area (Å²) in [4.78, 5) is 0. The van der Waals surface area contributed by atoms with Crippen molar-refractivity contribution in [3.05, 3.63) is 58.6 Å². The molecule has 5 heteroatoms. The third kappa shape index (κ3) is 4.13. The van der Waals surface area contributed by atoms with Crippen molar-refractivity contribution in [3.63, 3.8) is 0 Å². The Balaban J connectivity index is 1.95. The van der Waals surface area contributed by atoms with Crippen LogP contribution in [-0.2, 0) is 6.54 Å². The second-order valence-corrected chi connectivity index (χ2v) is 5.29. The van der Waals surface area contributed by atoms with Crippen molar-refractivity contribution >= 4 is 11.6 Å². The number of nitrogens with one attached hydrogen (secondary N) is 1. The highest BCUT2D eigenvalue weighted by atomic mass is 35.5. The molecule has 0 unspecified atom stereocenters. The summed E-state index contributed by atoms with van der Waals surface area (Å²) in [7, 11) is 3.23. The van der Waals surface area contributed by atoms with Gasteiger partial charge in [0.15, 0.2) is 11.5 Å². The number of benzene rings is 2. The lowest BCUT2D eigenvalue weighted by Gasteiger charge is -2.15. The molecule has 0 bridgehead atoms. The maximum Gasteiger partial charge on any atom is 0.165 e. The van der Waals surface area contributed by atoms with E-state index in [4.69, 9.17) is 21.1 Å². The number of hydrogen-bond acceptors (Lipinski definition) is 4. The molecule has 0 aliphatic heterocycles. The van der Waals surface area contributed by atoms with Crippen LogP contribution in [-0.4, -0.2) is 25.9 Å². The SMILES string of the molecule is COc1cccc(CNC[C@H](O)c2ccc(Cl)cc2)c1OC. The summed E-state index contributed by atoms with van der Waals surface area (Å²) >= 11 is 5.84. The highest BCUT2D eigenvalue weighted by Gasteiger charge is 2.11. The maximum atomic E-state index is 10.2. The maximum absolute atomic E-state index is 10.2. The largest absolute Gasteiger partial charge is 0.493 e. The topological polar surface area (TPSA) is 50.7 Å². The average Bonchev–Trinajstić information content (AvgIpc) is 2.55. The van der Waals surface area contributed by atoms with Crippen molar-refractivity contribution in [2.45, 2.75) is 12.6 Å². The molecule has 0 saturated heterocycles. The van der Waals surface area contributed by atoms with E-state index in [0.29, 0.717) is 29.6 Å². The van der Waals surface area contributed by atoms with Gasteiger partial charge in [-0.15, -0.1) is 0 Å². The quantitative estimate of drug-likeness (QED) is 0.822. The Kier molecular flexibility index (Phi) is 6.07. The van der Waals surface area contributed by atoms with E-state index in [1.807, 2.05) is 30.3 Å². The Labute approximate surface area is 135 Å². The number of halogens is 1. The van der Waals surface area contributed by atoms with Crippen LogP contribution < -0.4 is 14.8 Å². The highest BCUT2D eigenvalue weighted by molar-refractivity contribution is 6.30. The van der Waals surface area contributed by atoms with E-state index >= 15 is 0 Å². The first-order chi connectivity index (χ1) is 10.7. The fourth-order valence-corrected chi connectivity index (χ4v) is 2.37. The fourth-order valence-electron chi connectivity index (χ4n) is 2.24. The van der Waals surface area contributed by atoms with Crippen LogP contribution in [0.3, 0.4) is 0 Å². The first kappa shape index (κ1) is 16.6. The molecule has 0 amide bonds. The summed E-state index contributed by atoms with van der Waals surface area (Å²) in [6.07, 6.45) is -0.589. The van der Waals surface area contributed by atoms with E-state index in [0.717, 1.165) is 11.1 Å². The van der Waals surface area contributed by atoms with Crippen LogP contribution in [0.25, 0.3) is 0 Å². The van der Waals surface area contributed by atoms with Crippen molar-refractivity contribution in [1.82, 2.24) is 5.32 Å². The Morgan fingerprint density at radius 1 is 1.09 bits per heavy atom. The molecule has 22 heavy (non-hydrogen) atoms. The Hall–Kier alpha value is -1.75. The lowest BCUT2D eigenvalue weighted by atomic mass is 10.1. The molecule has 2 aromatic rings. The predicted molar refractivity (Wildman–Crippen MR) is 87.7 cm³/mol. The number of para-hydroxylation sites is 1. The summed E-state index contributed by atoms with van der Waals surface area (Å²) in [6.45, 7) is 1.01. The van der Waals surface area contributed by atoms with Crippen molar-refractivity contribution in [2.75, 3.05) is 20.8 Å². The number of hydrogen-bond donors (Lipinski definition) is 2. The smallest absolute Gasteiger partial charge is 0.165 e. The van der Waals surface area contributed by atoms with Gasteiger partial charge >= 0.3 is 0 Å². The number of rotatable bonds is 7. The molecule has 0 heterocycles. The van der Waals surface area contributed by atoms with Gasteiger partial charge in [0.25, 0.3) is 0 Å². The molecule has 2 aromatic carbocycles. The van der Waals surface area contributed by atoms with Crippen molar-refractivity contribution in [1.29, 1.82) is 0 Å². The molecule has 2 rings (SSSR count). The molecule has 118 valence electrons. The zero-order chi connectivity index (χ0) is 15.9. The highest BCUT2D eigenvalue weighted by Crippen LogP contribution is 2.30. The molecule has 0 aliphatic carbocycles. The van der Waals surface area contributed by atoms with E-state index in [-0.39, 0.29) is 0 Å². The molecular formula is C17H20ClNO3. The first-order valence-corrected chi connectivity index (χ1v) is 7.37. The second-order valence-electron chi connectivity index (χ2n) is 4.85. The average molecular weight is 322 g/mol. The van der Waals surface area contributed by atoms with Gasteiger partial charge in [-0.05, 0) is 23.8 Å². The summed E-state index contributed by atoms with van der Waals surface area (Å²) in [5.74, 6) is 1.40. The van der Waals surface area contributed by atoms with Gasteiger partial charge in [0.1, 0.15) is 0 Å². The summed E-state index contributed by atoms with van der Waals surface area (Å²) in [5, 5.41) is 14.0. The van der Waals surface area contributed by atoms with Crippen LogP contribution in [0.4, 0.5) is 0 Å². The van der Waals surface area contributed by atoms with Gasteiger partial charge in [-0.1, -0.05) is 35.9 Å². The minimum Gasteiger partial charge on any atom is -0.493 e. The first-order valence-electron chi connectivity index (χ1n) is 6.99. The Bertz CT molecular complexity index is 601. The lowest BCUT2D eigenvalue weighted by molar-refractivity contribution is 0.174. The van der Waals surface area contributed by atoms with E-state index < -0.39 is 6.10 Å². The second kappa shape index (κ2) is 8.03. The van der Waals surface area contributed by atoms with Crippen molar-refractivity contribution in [2.24, 2.45) is 0 Å². The third-order valence-corrected chi connectivity index (χ3v) is 3.64. The van der Waals surface area contributed by atoms with E-state index in [1.165, 1.54) is 0 Å². The van der Waals surface area contributed by atoms with E-state index in [9.17, 15) is 5.11 Å². The molecule has 0 saturated carbocycles. The number of methoxy groups -OCH3 is 2. The number of aliphatic hydroxyl groups excluding tert-OH is 1. The van der Waals surface area contributed by atoms with Crippen LogP contribution in [0.5, 0.6) is 11.5 Å². The Morgan fingerprint density at radius 3 is 2.45 bits per heavy atom. The van der Waals surface area contributed by atoms with E-state index in [1.54, 1.807) is 26.4 Å². The number of ether oxygens (including phenoxy) is 2. The zero-order valence-electron chi connectivity index (χ0n) is 12.7.